The summed E-state index contributed by atoms with van der Waals surface area (Å²) in [6.45, 7) is 1.83. The molecule has 0 radical (unpaired) electrons. The molecule has 0 aliphatic rings. The first kappa shape index (κ1) is 21.5. The summed E-state index contributed by atoms with van der Waals surface area (Å²) >= 11 is 6.39. The van der Waals surface area contributed by atoms with Crippen molar-refractivity contribution < 1.29 is 18.7 Å². The standard InChI is InChI=1S/C26H18ClF2NO2/c1-15-5-6-17(16-3-2-4-20(31)11-16)12-22(15)26(32)21-9-8-19(14-23(21)27)30-25-10-7-18(28)13-24(25)29/h2-14,30-31H,1H3. The zero-order valence-electron chi connectivity index (χ0n) is 17.0. The minimum Gasteiger partial charge on any atom is -0.508 e. The van der Waals surface area contributed by atoms with Gasteiger partial charge in [0.1, 0.15) is 17.4 Å². The van der Waals surface area contributed by atoms with Crippen LogP contribution < -0.4 is 5.32 Å². The van der Waals surface area contributed by atoms with Crippen molar-refractivity contribution in [2.45, 2.75) is 6.92 Å². The molecular formula is C26H18ClF2NO2. The number of rotatable bonds is 5. The Morgan fingerprint density at radius 2 is 1.66 bits per heavy atom. The van der Waals surface area contributed by atoms with Crippen molar-refractivity contribution in [3.05, 3.63) is 112 Å². The van der Waals surface area contributed by atoms with Crippen LogP contribution in [0.2, 0.25) is 5.02 Å². The smallest absolute Gasteiger partial charge is 0.194 e. The van der Waals surface area contributed by atoms with Crippen LogP contribution in [0.4, 0.5) is 20.2 Å². The highest BCUT2D eigenvalue weighted by Gasteiger charge is 2.17. The van der Waals surface area contributed by atoms with Crippen LogP contribution in [-0.2, 0) is 0 Å². The van der Waals surface area contributed by atoms with Crippen molar-refractivity contribution in [1.29, 1.82) is 0 Å². The van der Waals surface area contributed by atoms with Gasteiger partial charge in [0.05, 0.1) is 10.7 Å². The molecule has 0 unspecified atom stereocenters. The van der Waals surface area contributed by atoms with Crippen LogP contribution >= 0.6 is 11.6 Å². The Kier molecular flexibility index (Phi) is 5.93. The molecular weight excluding hydrogens is 432 g/mol. The SMILES string of the molecule is Cc1ccc(-c2cccc(O)c2)cc1C(=O)c1ccc(Nc2ccc(F)cc2F)cc1Cl. The first-order valence-corrected chi connectivity index (χ1v) is 10.2. The fraction of sp³-hybridized carbons (Fsp3) is 0.0385. The predicted octanol–water partition coefficient (Wildman–Crippen LogP) is 7.27. The third-order valence-corrected chi connectivity index (χ3v) is 5.40. The summed E-state index contributed by atoms with van der Waals surface area (Å²) in [6, 6.07) is 20.2. The molecule has 3 nitrogen and oxygen atoms in total. The minimum absolute atomic E-state index is 0.0937. The Labute approximate surface area is 188 Å². The van der Waals surface area contributed by atoms with E-state index in [9.17, 15) is 18.7 Å². The number of anilines is 2. The Hall–Kier alpha value is -3.70. The van der Waals surface area contributed by atoms with E-state index in [4.69, 9.17) is 11.6 Å². The van der Waals surface area contributed by atoms with Crippen LogP contribution in [0.25, 0.3) is 11.1 Å². The fourth-order valence-corrected chi connectivity index (χ4v) is 3.67. The second kappa shape index (κ2) is 8.81. The third kappa shape index (κ3) is 4.48. The van der Waals surface area contributed by atoms with Gasteiger partial charge in [0, 0.05) is 22.9 Å². The second-order valence-electron chi connectivity index (χ2n) is 7.35. The number of carbonyl (C=O) groups is 1. The lowest BCUT2D eigenvalue weighted by atomic mass is 9.94. The molecule has 160 valence electrons. The Bertz CT molecular complexity index is 1340. The molecule has 32 heavy (non-hydrogen) atoms. The van der Waals surface area contributed by atoms with E-state index in [0.29, 0.717) is 16.8 Å². The molecule has 2 N–H and O–H groups in total. The predicted molar refractivity (Wildman–Crippen MR) is 123 cm³/mol. The van der Waals surface area contributed by atoms with Crippen LogP contribution in [0.3, 0.4) is 0 Å². The number of aromatic hydroxyl groups is 1. The Balaban J connectivity index is 1.64. The molecule has 0 aliphatic carbocycles. The van der Waals surface area contributed by atoms with E-state index < -0.39 is 11.6 Å². The summed E-state index contributed by atoms with van der Waals surface area (Å²) in [5.74, 6) is -1.52. The van der Waals surface area contributed by atoms with Gasteiger partial charge in [0.15, 0.2) is 5.78 Å². The van der Waals surface area contributed by atoms with Crippen molar-refractivity contribution >= 4 is 28.8 Å². The number of phenolic OH excluding ortho intramolecular Hbond substituents is 1. The number of phenols is 1. The van der Waals surface area contributed by atoms with E-state index >= 15 is 0 Å². The van der Waals surface area contributed by atoms with Crippen molar-refractivity contribution in [2.75, 3.05) is 5.32 Å². The summed E-state index contributed by atoms with van der Waals surface area (Å²) in [5.41, 5.74) is 3.69. The molecule has 6 heteroatoms. The van der Waals surface area contributed by atoms with Gasteiger partial charge < -0.3 is 10.4 Å². The summed E-state index contributed by atoms with van der Waals surface area (Å²) < 4.78 is 27.0. The largest absolute Gasteiger partial charge is 0.508 e. The molecule has 0 saturated carbocycles. The normalized spacial score (nSPS) is 10.8. The van der Waals surface area contributed by atoms with Crippen molar-refractivity contribution in [3.63, 3.8) is 0 Å². The number of hydrogen-bond donors (Lipinski definition) is 2. The molecule has 0 aliphatic heterocycles. The lowest BCUT2D eigenvalue weighted by molar-refractivity contribution is 0.103. The Morgan fingerprint density at radius 3 is 2.38 bits per heavy atom. The van der Waals surface area contributed by atoms with Crippen LogP contribution in [-0.4, -0.2) is 10.9 Å². The van der Waals surface area contributed by atoms with E-state index in [2.05, 4.69) is 5.32 Å². The summed E-state index contributed by atoms with van der Waals surface area (Å²) in [6.07, 6.45) is 0. The molecule has 4 rings (SSSR count). The maximum atomic E-state index is 13.9. The summed E-state index contributed by atoms with van der Waals surface area (Å²) in [4.78, 5) is 13.2. The first-order chi connectivity index (χ1) is 15.3. The minimum atomic E-state index is -0.735. The zero-order chi connectivity index (χ0) is 22.8. The molecule has 0 bridgehead atoms. The molecule has 0 amide bonds. The zero-order valence-corrected chi connectivity index (χ0v) is 17.8. The van der Waals surface area contributed by atoms with Gasteiger partial charge >= 0.3 is 0 Å². The van der Waals surface area contributed by atoms with E-state index in [1.54, 1.807) is 36.4 Å². The van der Waals surface area contributed by atoms with Gasteiger partial charge in [0.2, 0.25) is 0 Å². The van der Waals surface area contributed by atoms with E-state index in [1.807, 2.05) is 25.1 Å². The molecule has 0 atom stereocenters. The van der Waals surface area contributed by atoms with E-state index in [-0.39, 0.29) is 22.2 Å². The van der Waals surface area contributed by atoms with Gasteiger partial charge in [-0.2, -0.15) is 0 Å². The first-order valence-electron chi connectivity index (χ1n) is 9.78. The van der Waals surface area contributed by atoms with E-state index in [0.717, 1.165) is 28.8 Å². The second-order valence-corrected chi connectivity index (χ2v) is 7.76. The Morgan fingerprint density at radius 1 is 0.875 bits per heavy atom. The average molecular weight is 450 g/mol. The van der Waals surface area contributed by atoms with Gasteiger partial charge in [-0.05, 0) is 72.1 Å². The number of aryl methyl sites for hydroxylation is 1. The van der Waals surface area contributed by atoms with Crippen LogP contribution in [0.15, 0.2) is 78.9 Å². The summed E-state index contributed by atoms with van der Waals surface area (Å²) in [5, 5.41) is 12.8. The lowest BCUT2D eigenvalue weighted by Crippen LogP contribution is -2.05. The fourth-order valence-electron chi connectivity index (χ4n) is 3.40. The number of benzene rings is 4. The molecule has 4 aromatic rings. The van der Waals surface area contributed by atoms with Crippen molar-refractivity contribution in [3.8, 4) is 16.9 Å². The average Bonchev–Trinajstić information content (AvgIpc) is 2.76. The van der Waals surface area contributed by atoms with Crippen molar-refractivity contribution in [1.82, 2.24) is 0 Å². The highest BCUT2D eigenvalue weighted by Crippen LogP contribution is 2.30. The maximum Gasteiger partial charge on any atom is 0.194 e. The van der Waals surface area contributed by atoms with Crippen LogP contribution in [0, 0.1) is 18.6 Å². The van der Waals surface area contributed by atoms with Crippen LogP contribution in [0.5, 0.6) is 5.75 Å². The van der Waals surface area contributed by atoms with Gasteiger partial charge in [-0.15, -0.1) is 0 Å². The highest BCUT2D eigenvalue weighted by molar-refractivity contribution is 6.35. The lowest BCUT2D eigenvalue weighted by Gasteiger charge is -2.12. The molecule has 0 heterocycles. The third-order valence-electron chi connectivity index (χ3n) is 5.09. The maximum absolute atomic E-state index is 13.9. The van der Waals surface area contributed by atoms with Crippen LogP contribution in [0.1, 0.15) is 21.5 Å². The van der Waals surface area contributed by atoms with E-state index in [1.165, 1.54) is 12.1 Å². The summed E-state index contributed by atoms with van der Waals surface area (Å²) in [7, 11) is 0. The highest BCUT2D eigenvalue weighted by atomic mass is 35.5. The van der Waals surface area contributed by atoms with Gasteiger partial charge in [-0.25, -0.2) is 8.78 Å². The number of nitrogens with one attached hydrogen (secondary N) is 1. The number of hydrogen-bond acceptors (Lipinski definition) is 3. The molecule has 0 saturated heterocycles. The van der Waals surface area contributed by atoms with Gasteiger partial charge in [-0.1, -0.05) is 35.9 Å². The number of carbonyl (C=O) groups excluding carboxylic acids is 1. The monoisotopic (exact) mass is 449 g/mol. The number of halogens is 3. The van der Waals surface area contributed by atoms with Gasteiger partial charge in [-0.3, -0.25) is 4.79 Å². The molecule has 0 fully saturated rings. The molecule has 0 aromatic heterocycles. The number of ketones is 1. The molecule has 0 spiro atoms. The van der Waals surface area contributed by atoms with Gasteiger partial charge in [0.25, 0.3) is 0 Å². The molecule has 4 aromatic carbocycles. The topological polar surface area (TPSA) is 49.3 Å². The van der Waals surface area contributed by atoms with Crippen molar-refractivity contribution in [2.24, 2.45) is 0 Å². The quantitative estimate of drug-likeness (QED) is 0.315.